The zero-order valence-electron chi connectivity index (χ0n) is 17.1. The van der Waals surface area contributed by atoms with Crippen molar-refractivity contribution in [2.75, 3.05) is 29.4 Å². The third-order valence-electron chi connectivity index (χ3n) is 6.08. The van der Waals surface area contributed by atoms with Gasteiger partial charge in [-0.05, 0) is 18.6 Å². The monoisotopic (exact) mass is 467 g/mol. The maximum atomic E-state index is 13.0. The Morgan fingerprint density at radius 3 is 2.73 bits per heavy atom. The number of amides is 1. The number of hydrogen-bond donors (Lipinski definition) is 0. The highest BCUT2D eigenvalue weighted by molar-refractivity contribution is 5.96. The second kappa shape index (κ2) is 7.59. The molecule has 0 N–H and O–H groups in total. The van der Waals surface area contributed by atoms with Crippen molar-refractivity contribution in [2.45, 2.75) is 32.0 Å². The van der Waals surface area contributed by atoms with E-state index in [4.69, 9.17) is 0 Å². The summed E-state index contributed by atoms with van der Waals surface area (Å²) in [5.41, 5.74) is -0.526. The summed E-state index contributed by atoms with van der Waals surface area (Å²) in [6, 6.07) is 2.53. The zero-order chi connectivity index (χ0) is 23.4. The van der Waals surface area contributed by atoms with Gasteiger partial charge in [-0.3, -0.25) is 14.7 Å². The molecular weight excluding hydrogens is 449 g/mol. The first kappa shape index (κ1) is 21.5. The first-order chi connectivity index (χ1) is 15.6. The van der Waals surface area contributed by atoms with Crippen LogP contribution in [0.4, 0.5) is 33.5 Å². The lowest BCUT2D eigenvalue weighted by Crippen LogP contribution is -2.32. The summed E-state index contributed by atoms with van der Waals surface area (Å²) >= 11 is 0. The van der Waals surface area contributed by atoms with E-state index in [1.54, 1.807) is 0 Å². The fourth-order valence-corrected chi connectivity index (χ4v) is 4.54. The Morgan fingerprint density at radius 2 is 1.97 bits per heavy atom. The summed E-state index contributed by atoms with van der Waals surface area (Å²) in [4.78, 5) is 28.1. The fraction of sp³-hybridized carbons (Fsp3) is 0.450. The summed E-state index contributed by atoms with van der Waals surface area (Å²) in [5, 5.41) is 3.88. The quantitative estimate of drug-likeness (QED) is 0.549. The molecule has 2 aliphatic heterocycles. The van der Waals surface area contributed by atoms with Crippen molar-refractivity contribution in [1.82, 2.24) is 24.7 Å². The minimum absolute atomic E-state index is 0.158. The molecule has 1 unspecified atom stereocenters. The average Bonchev–Trinajstić information content (AvgIpc) is 3.44. The van der Waals surface area contributed by atoms with Crippen molar-refractivity contribution in [2.24, 2.45) is 5.41 Å². The number of alkyl halides is 5. The van der Waals surface area contributed by atoms with E-state index in [9.17, 15) is 26.7 Å². The van der Waals surface area contributed by atoms with Crippen LogP contribution < -0.4 is 9.80 Å². The van der Waals surface area contributed by atoms with Gasteiger partial charge in [0.1, 0.15) is 17.8 Å². The number of hydrogen-bond acceptors (Lipinski definition) is 6. The van der Waals surface area contributed by atoms with Gasteiger partial charge >= 0.3 is 6.18 Å². The van der Waals surface area contributed by atoms with Crippen molar-refractivity contribution in [3.05, 3.63) is 36.4 Å². The van der Waals surface area contributed by atoms with Crippen LogP contribution in [0.1, 0.15) is 18.5 Å². The van der Waals surface area contributed by atoms with E-state index in [2.05, 4.69) is 20.1 Å². The van der Waals surface area contributed by atoms with Crippen LogP contribution in [-0.4, -0.2) is 56.7 Å². The molecule has 5 heterocycles. The third-order valence-corrected chi connectivity index (χ3v) is 6.08. The lowest BCUT2D eigenvalue weighted by molar-refractivity contribution is -0.141. The van der Waals surface area contributed by atoms with E-state index in [1.165, 1.54) is 23.4 Å². The molecule has 0 radical (unpaired) electrons. The highest BCUT2D eigenvalue weighted by Gasteiger charge is 2.48. The molecule has 5 rings (SSSR count). The van der Waals surface area contributed by atoms with E-state index >= 15 is 0 Å². The van der Waals surface area contributed by atoms with Gasteiger partial charge in [0.15, 0.2) is 11.5 Å². The van der Waals surface area contributed by atoms with Crippen LogP contribution in [0.5, 0.6) is 0 Å². The Labute approximate surface area is 184 Å². The maximum absolute atomic E-state index is 13.0. The molecule has 1 amide bonds. The minimum atomic E-state index is -4.54. The van der Waals surface area contributed by atoms with Gasteiger partial charge in [-0.25, -0.2) is 23.4 Å². The summed E-state index contributed by atoms with van der Waals surface area (Å²) < 4.78 is 65.8. The summed E-state index contributed by atoms with van der Waals surface area (Å²) in [5.74, 6) is 0.0400. The number of fused-ring (bicyclic) bond motifs is 1. The first-order valence-corrected chi connectivity index (χ1v) is 10.2. The Morgan fingerprint density at radius 1 is 1.15 bits per heavy atom. The maximum Gasteiger partial charge on any atom is 0.433 e. The van der Waals surface area contributed by atoms with Crippen molar-refractivity contribution in [1.29, 1.82) is 0 Å². The highest BCUT2D eigenvalue weighted by Crippen LogP contribution is 2.43. The number of anilines is 2. The molecule has 8 nitrogen and oxygen atoms in total. The molecular formula is C20H18F5N7O. The Kier molecular flexibility index (Phi) is 4.94. The van der Waals surface area contributed by atoms with Gasteiger partial charge in [0.2, 0.25) is 5.91 Å². The fourth-order valence-electron chi connectivity index (χ4n) is 4.54. The number of rotatable bonds is 4. The summed E-state index contributed by atoms with van der Waals surface area (Å²) in [6.45, 7) is 0.562. The van der Waals surface area contributed by atoms with Crippen LogP contribution in [0.15, 0.2) is 30.7 Å². The molecule has 0 bridgehead atoms. The van der Waals surface area contributed by atoms with Gasteiger partial charge in [-0.1, -0.05) is 0 Å². The van der Waals surface area contributed by atoms with E-state index < -0.39 is 30.3 Å². The molecule has 174 valence electrons. The van der Waals surface area contributed by atoms with Gasteiger partial charge in [0.05, 0.1) is 12.4 Å². The van der Waals surface area contributed by atoms with E-state index in [1.807, 2.05) is 4.90 Å². The Balaban J connectivity index is 1.37. The van der Waals surface area contributed by atoms with Gasteiger partial charge in [-0.2, -0.15) is 18.3 Å². The molecule has 33 heavy (non-hydrogen) atoms. The number of carbonyl (C=O) groups excluding carboxylic acids is 1. The molecule has 2 fully saturated rings. The van der Waals surface area contributed by atoms with Gasteiger partial charge in [0.25, 0.3) is 6.43 Å². The molecule has 0 aromatic carbocycles. The minimum Gasteiger partial charge on any atom is -0.371 e. The van der Waals surface area contributed by atoms with E-state index in [0.717, 1.165) is 16.9 Å². The predicted molar refractivity (Wildman–Crippen MR) is 107 cm³/mol. The van der Waals surface area contributed by atoms with Gasteiger partial charge in [-0.15, -0.1) is 0 Å². The van der Waals surface area contributed by atoms with Crippen LogP contribution in [0, 0.1) is 5.41 Å². The van der Waals surface area contributed by atoms with Crippen LogP contribution in [0.2, 0.25) is 0 Å². The largest absolute Gasteiger partial charge is 0.433 e. The standard InChI is InChI=1S/C20H18F5N7O/c21-15(22)9-32-18-13(7-28-32)27-8-16(29-18)31-11-19(6-17(31)33)2-4-30(10-19)12-1-3-26-14(5-12)20(23,24)25/h1,3,5,7-8,15H,2,4,6,9-11H2. The molecule has 2 saturated heterocycles. The van der Waals surface area contributed by atoms with Crippen molar-refractivity contribution < 1.29 is 26.7 Å². The highest BCUT2D eigenvalue weighted by atomic mass is 19.4. The van der Waals surface area contributed by atoms with Crippen LogP contribution in [0.3, 0.4) is 0 Å². The average molecular weight is 467 g/mol. The van der Waals surface area contributed by atoms with Crippen LogP contribution >= 0.6 is 0 Å². The van der Waals surface area contributed by atoms with Crippen LogP contribution in [-0.2, 0) is 17.5 Å². The third kappa shape index (κ3) is 3.95. The number of nitrogens with zero attached hydrogens (tertiary/aromatic N) is 7. The normalized spacial score (nSPS) is 21.3. The Hall–Kier alpha value is -3.38. The summed E-state index contributed by atoms with van der Waals surface area (Å²) in [6.07, 6.45) is -2.48. The topological polar surface area (TPSA) is 80.0 Å². The number of halogens is 5. The molecule has 13 heteroatoms. The molecule has 0 aliphatic carbocycles. The molecule has 2 aliphatic rings. The number of aromatic nitrogens is 5. The second-order valence-electron chi connectivity index (χ2n) is 8.38. The lowest BCUT2D eigenvalue weighted by atomic mass is 9.86. The van der Waals surface area contributed by atoms with Gasteiger partial charge < -0.3 is 4.90 Å². The smallest absolute Gasteiger partial charge is 0.371 e. The van der Waals surface area contributed by atoms with E-state index in [-0.39, 0.29) is 23.8 Å². The summed E-state index contributed by atoms with van der Waals surface area (Å²) in [7, 11) is 0. The zero-order valence-corrected chi connectivity index (χ0v) is 17.1. The van der Waals surface area contributed by atoms with Crippen LogP contribution in [0.25, 0.3) is 11.2 Å². The molecule has 1 atom stereocenters. The first-order valence-electron chi connectivity index (χ1n) is 10.2. The lowest BCUT2D eigenvalue weighted by Gasteiger charge is -2.25. The SMILES string of the molecule is O=C1CC2(CCN(c3ccnc(C(F)(F)F)c3)C2)CN1c1cnc2cnn(CC(F)F)c2n1. The van der Waals surface area contributed by atoms with Crippen molar-refractivity contribution >= 4 is 28.6 Å². The van der Waals surface area contributed by atoms with Crippen molar-refractivity contribution in [3.63, 3.8) is 0 Å². The number of pyridine rings is 1. The van der Waals surface area contributed by atoms with E-state index in [0.29, 0.717) is 37.3 Å². The second-order valence-corrected chi connectivity index (χ2v) is 8.38. The molecule has 3 aromatic rings. The number of carbonyl (C=O) groups is 1. The predicted octanol–water partition coefficient (Wildman–Crippen LogP) is 3.14. The molecule has 1 spiro atoms. The van der Waals surface area contributed by atoms with Gasteiger partial charge in [0, 0.05) is 43.4 Å². The van der Waals surface area contributed by atoms with Crippen molar-refractivity contribution in [3.8, 4) is 0 Å². The Bertz CT molecular complexity index is 1210. The molecule has 0 saturated carbocycles. The molecule has 3 aromatic heterocycles.